The van der Waals surface area contributed by atoms with Gasteiger partial charge in [-0.2, -0.15) is 0 Å². The van der Waals surface area contributed by atoms with Gasteiger partial charge in [-0.15, -0.1) is 0 Å². The Morgan fingerprint density at radius 3 is 2.77 bits per heavy atom. The van der Waals surface area contributed by atoms with E-state index in [-0.39, 0.29) is 17.6 Å². The maximum absolute atomic E-state index is 12.1. The molecule has 0 aliphatic carbocycles. The SMILES string of the molecule is [2H]C([2H])([2H])NC(=O)c1ccc(N2CCN(Cc3ccc4c(c3)NC(=O)C(CC)N4)CC2)cn1. The number of carbonyl (C=O) groups excluding carboxylic acids is 2. The summed E-state index contributed by atoms with van der Waals surface area (Å²) >= 11 is 0. The summed E-state index contributed by atoms with van der Waals surface area (Å²) in [4.78, 5) is 32.7. The number of rotatable bonds is 5. The van der Waals surface area contributed by atoms with E-state index >= 15 is 0 Å². The zero-order valence-corrected chi connectivity index (χ0v) is 16.9. The van der Waals surface area contributed by atoms with Crippen LogP contribution in [0.4, 0.5) is 17.1 Å². The number of carbonyl (C=O) groups is 2. The Morgan fingerprint density at radius 1 is 1.23 bits per heavy atom. The molecule has 8 heteroatoms. The fourth-order valence-corrected chi connectivity index (χ4v) is 3.87. The summed E-state index contributed by atoms with van der Waals surface area (Å²) in [6.45, 7) is 3.58. The summed E-state index contributed by atoms with van der Waals surface area (Å²) in [6, 6.07) is 9.30. The van der Waals surface area contributed by atoms with Gasteiger partial charge in [0.05, 0.1) is 23.3 Å². The first kappa shape index (κ1) is 16.6. The lowest BCUT2D eigenvalue weighted by atomic mass is 10.1. The Bertz CT molecular complexity index is 1020. The lowest BCUT2D eigenvalue weighted by Crippen LogP contribution is -2.46. The average Bonchev–Trinajstić information content (AvgIpc) is 2.78. The Balaban J connectivity index is 1.31. The van der Waals surface area contributed by atoms with E-state index in [1.165, 1.54) is 0 Å². The number of aromatic nitrogens is 1. The van der Waals surface area contributed by atoms with Crippen LogP contribution in [0.1, 0.15) is 33.5 Å². The van der Waals surface area contributed by atoms with Crippen LogP contribution in [0.15, 0.2) is 36.5 Å². The Labute approximate surface area is 180 Å². The van der Waals surface area contributed by atoms with Gasteiger partial charge in [0.2, 0.25) is 5.91 Å². The molecule has 2 aromatic rings. The predicted octanol–water partition coefficient (Wildman–Crippen LogP) is 1.91. The number of anilines is 3. The first-order chi connectivity index (χ1) is 15.7. The van der Waals surface area contributed by atoms with Gasteiger partial charge in [-0.05, 0) is 36.2 Å². The predicted molar refractivity (Wildman–Crippen MR) is 118 cm³/mol. The number of benzene rings is 1. The second-order valence-electron chi connectivity index (χ2n) is 7.59. The molecule has 3 heterocycles. The highest BCUT2D eigenvalue weighted by molar-refractivity contribution is 6.03. The monoisotopic (exact) mass is 411 g/mol. The molecule has 2 amide bonds. The van der Waals surface area contributed by atoms with Crippen LogP contribution in [-0.4, -0.2) is 60.9 Å². The highest BCUT2D eigenvalue weighted by atomic mass is 16.2. The molecule has 30 heavy (non-hydrogen) atoms. The number of amides is 2. The first-order valence-electron chi connectivity index (χ1n) is 11.7. The number of nitrogens with one attached hydrogen (secondary N) is 3. The molecular weight excluding hydrogens is 380 g/mol. The van der Waals surface area contributed by atoms with Crippen LogP contribution in [0, 0.1) is 0 Å². The molecule has 2 aliphatic heterocycles. The van der Waals surface area contributed by atoms with E-state index in [9.17, 15) is 9.59 Å². The third-order valence-electron chi connectivity index (χ3n) is 5.63. The average molecular weight is 412 g/mol. The van der Waals surface area contributed by atoms with Gasteiger partial charge in [0.15, 0.2) is 0 Å². The zero-order chi connectivity index (χ0) is 23.6. The van der Waals surface area contributed by atoms with Crippen LogP contribution in [-0.2, 0) is 11.3 Å². The first-order valence-corrected chi connectivity index (χ1v) is 10.2. The van der Waals surface area contributed by atoms with Gasteiger partial charge in [0.1, 0.15) is 11.7 Å². The third kappa shape index (κ3) is 4.23. The van der Waals surface area contributed by atoms with Crippen molar-refractivity contribution in [2.24, 2.45) is 0 Å². The zero-order valence-electron chi connectivity index (χ0n) is 19.9. The Hall–Kier alpha value is -3.13. The molecule has 1 aromatic carbocycles. The third-order valence-corrected chi connectivity index (χ3v) is 5.63. The molecule has 4 rings (SSSR count). The van der Waals surface area contributed by atoms with Crippen LogP contribution < -0.4 is 20.9 Å². The van der Waals surface area contributed by atoms with E-state index < -0.39 is 12.9 Å². The molecule has 1 fully saturated rings. The van der Waals surface area contributed by atoms with Gasteiger partial charge in [-0.25, -0.2) is 4.98 Å². The fraction of sp³-hybridized carbons (Fsp3) is 0.409. The minimum Gasteiger partial charge on any atom is -0.372 e. The topological polar surface area (TPSA) is 89.6 Å². The number of hydrogen-bond donors (Lipinski definition) is 3. The van der Waals surface area contributed by atoms with E-state index in [4.69, 9.17) is 4.11 Å². The quantitative estimate of drug-likeness (QED) is 0.696. The molecule has 0 spiro atoms. The molecule has 0 radical (unpaired) electrons. The van der Waals surface area contributed by atoms with E-state index in [1.54, 1.807) is 18.3 Å². The van der Waals surface area contributed by atoms with Crippen molar-refractivity contribution in [3.05, 3.63) is 47.8 Å². The van der Waals surface area contributed by atoms with E-state index in [0.29, 0.717) is 0 Å². The molecule has 1 aromatic heterocycles. The van der Waals surface area contributed by atoms with Crippen molar-refractivity contribution >= 4 is 28.9 Å². The summed E-state index contributed by atoms with van der Waals surface area (Å²) in [5.74, 6) is -0.709. The lowest BCUT2D eigenvalue weighted by molar-refractivity contribution is -0.117. The number of piperazine rings is 1. The largest absolute Gasteiger partial charge is 0.372 e. The minimum atomic E-state index is -2.54. The summed E-state index contributed by atoms with van der Waals surface area (Å²) in [6.07, 6.45) is 2.35. The molecule has 2 aliphatic rings. The second-order valence-corrected chi connectivity index (χ2v) is 7.59. The molecule has 158 valence electrons. The van der Waals surface area contributed by atoms with Crippen molar-refractivity contribution in [3.63, 3.8) is 0 Å². The molecular formula is C22H28N6O2. The van der Waals surface area contributed by atoms with Gasteiger partial charge < -0.3 is 20.9 Å². The fourth-order valence-electron chi connectivity index (χ4n) is 3.87. The highest BCUT2D eigenvalue weighted by Crippen LogP contribution is 2.29. The van der Waals surface area contributed by atoms with Gasteiger partial charge in [-0.3, -0.25) is 14.5 Å². The van der Waals surface area contributed by atoms with E-state index in [1.807, 2.05) is 24.4 Å². The number of pyridine rings is 1. The van der Waals surface area contributed by atoms with Crippen molar-refractivity contribution < 1.29 is 13.7 Å². The van der Waals surface area contributed by atoms with Crippen LogP contribution in [0.2, 0.25) is 0 Å². The van der Waals surface area contributed by atoms with Crippen LogP contribution in [0.5, 0.6) is 0 Å². The molecule has 1 saturated heterocycles. The Kier molecular flexibility index (Phi) is 4.83. The van der Waals surface area contributed by atoms with E-state index in [0.717, 1.165) is 61.8 Å². The molecule has 1 atom stereocenters. The number of nitrogens with zero attached hydrogens (tertiary/aromatic N) is 3. The van der Waals surface area contributed by atoms with E-state index in [2.05, 4.69) is 31.5 Å². The highest BCUT2D eigenvalue weighted by Gasteiger charge is 2.24. The molecule has 3 N–H and O–H groups in total. The lowest BCUT2D eigenvalue weighted by Gasteiger charge is -2.36. The van der Waals surface area contributed by atoms with Crippen LogP contribution >= 0.6 is 0 Å². The molecule has 8 nitrogen and oxygen atoms in total. The van der Waals surface area contributed by atoms with Crippen molar-refractivity contribution in [1.29, 1.82) is 0 Å². The van der Waals surface area contributed by atoms with Crippen molar-refractivity contribution in [3.8, 4) is 0 Å². The summed E-state index contributed by atoms with van der Waals surface area (Å²) < 4.78 is 21.4. The summed E-state index contributed by atoms with van der Waals surface area (Å²) in [5.41, 5.74) is 3.90. The van der Waals surface area contributed by atoms with Gasteiger partial charge >= 0.3 is 0 Å². The molecule has 0 saturated carbocycles. The molecule has 1 unspecified atom stereocenters. The maximum Gasteiger partial charge on any atom is 0.269 e. The molecule has 0 bridgehead atoms. The second kappa shape index (κ2) is 8.71. The number of hydrogen-bond acceptors (Lipinski definition) is 6. The number of fused-ring (bicyclic) bond motifs is 1. The van der Waals surface area contributed by atoms with Crippen molar-refractivity contribution in [2.45, 2.75) is 25.9 Å². The minimum absolute atomic E-state index is 0.00581. The van der Waals surface area contributed by atoms with Gasteiger partial charge in [0, 0.05) is 43.8 Å². The van der Waals surface area contributed by atoms with Crippen LogP contribution in [0.25, 0.3) is 0 Å². The summed E-state index contributed by atoms with van der Waals surface area (Å²) in [5, 5.41) is 8.22. The van der Waals surface area contributed by atoms with Crippen molar-refractivity contribution in [1.82, 2.24) is 15.2 Å². The standard InChI is InChI=1S/C22H28N6O2/c1-3-17-22(30)26-20-12-15(4-6-18(20)25-17)14-27-8-10-28(11-9-27)16-5-7-19(24-13-16)21(29)23-2/h4-7,12-13,17,25H,3,8-11,14H2,1-2H3,(H,23,29)(H,26,30)/i2D3. The van der Waals surface area contributed by atoms with Crippen molar-refractivity contribution in [2.75, 3.05) is 48.7 Å². The van der Waals surface area contributed by atoms with Crippen LogP contribution in [0.3, 0.4) is 0 Å². The van der Waals surface area contributed by atoms with Gasteiger partial charge in [-0.1, -0.05) is 13.0 Å². The Morgan fingerprint density at radius 2 is 2.07 bits per heavy atom. The summed E-state index contributed by atoms with van der Waals surface area (Å²) in [7, 11) is 0. The smallest absolute Gasteiger partial charge is 0.269 e. The van der Waals surface area contributed by atoms with Gasteiger partial charge in [0.25, 0.3) is 5.91 Å². The normalized spacial score (nSPS) is 20.8. The maximum atomic E-state index is 12.1.